The van der Waals surface area contributed by atoms with E-state index in [9.17, 15) is 4.79 Å². The van der Waals surface area contributed by atoms with E-state index in [-0.39, 0.29) is 5.91 Å². The highest BCUT2D eigenvalue weighted by atomic mass is 35.5. The number of hydrogen-bond donors (Lipinski definition) is 1. The van der Waals surface area contributed by atoms with E-state index in [1.165, 1.54) is 23.1 Å². The maximum absolute atomic E-state index is 12.6. The largest absolute Gasteiger partial charge is 0.461 e. The summed E-state index contributed by atoms with van der Waals surface area (Å²) in [4.78, 5) is 19.4. The van der Waals surface area contributed by atoms with Gasteiger partial charge in [0, 0.05) is 30.0 Å². The van der Waals surface area contributed by atoms with Gasteiger partial charge in [0.05, 0.1) is 35.9 Å². The maximum atomic E-state index is 12.6. The van der Waals surface area contributed by atoms with Crippen LogP contribution in [0.3, 0.4) is 0 Å². The predicted octanol–water partition coefficient (Wildman–Crippen LogP) is 5.04. The Balaban J connectivity index is 1.22. The number of aromatic nitrogens is 4. The lowest BCUT2D eigenvalue weighted by molar-refractivity contribution is 0.0374. The fourth-order valence-electron chi connectivity index (χ4n) is 3.84. The molecule has 0 aliphatic carbocycles. The van der Waals surface area contributed by atoms with Crippen LogP contribution in [0.15, 0.2) is 51.5 Å². The summed E-state index contributed by atoms with van der Waals surface area (Å²) in [5, 5.41) is 15.9. The second-order valence-corrected chi connectivity index (χ2v) is 10.9. The molecule has 0 radical (unpaired) electrons. The third-order valence-corrected chi connectivity index (χ3v) is 8.18. The summed E-state index contributed by atoms with van der Waals surface area (Å²) in [6, 6.07) is 8.84. The molecule has 1 aliphatic heterocycles. The van der Waals surface area contributed by atoms with Crippen molar-refractivity contribution in [1.82, 2.24) is 30.0 Å². The lowest BCUT2D eigenvalue weighted by atomic mass is 10.3. The SMILES string of the molecule is O=C(NCCCN1CCOCC1)c1csc(CSc2nnc(-c3ccco3)n2-c2ccc(Cl)cc2Cl)n1. The number of benzene rings is 1. The van der Waals surface area contributed by atoms with Crippen LogP contribution in [-0.2, 0) is 10.5 Å². The third-order valence-electron chi connectivity index (χ3n) is 5.68. The molecule has 0 atom stereocenters. The molecule has 1 aromatic carbocycles. The Bertz CT molecular complexity index is 1340. The van der Waals surface area contributed by atoms with E-state index in [1.54, 1.807) is 29.8 Å². The number of ether oxygens (including phenoxy) is 1. The van der Waals surface area contributed by atoms with Gasteiger partial charge in [-0.2, -0.15) is 0 Å². The van der Waals surface area contributed by atoms with Crippen LogP contribution in [0, 0.1) is 0 Å². The van der Waals surface area contributed by atoms with Gasteiger partial charge in [0.25, 0.3) is 5.91 Å². The molecule has 5 rings (SSSR count). The Labute approximate surface area is 232 Å². The molecule has 9 nitrogen and oxygen atoms in total. The number of carbonyl (C=O) groups excluding carboxylic acids is 1. The molecule has 4 aromatic rings. The van der Waals surface area contributed by atoms with Gasteiger partial charge in [-0.15, -0.1) is 21.5 Å². The van der Waals surface area contributed by atoms with Crippen LogP contribution in [0.25, 0.3) is 17.3 Å². The molecule has 0 bridgehead atoms. The number of nitrogens with zero attached hydrogens (tertiary/aromatic N) is 5. The molecule has 1 aliphatic rings. The Morgan fingerprint density at radius 2 is 2.05 bits per heavy atom. The van der Waals surface area contributed by atoms with Crippen molar-refractivity contribution in [3.63, 3.8) is 0 Å². The van der Waals surface area contributed by atoms with E-state index in [0.717, 1.165) is 44.3 Å². The smallest absolute Gasteiger partial charge is 0.270 e. The molecule has 37 heavy (non-hydrogen) atoms. The van der Waals surface area contributed by atoms with Crippen LogP contribution in [0.1, 0.15) is 21.9 Å². The number of furan rings is 1. The number of thiazole rings is 1. The fourth-order valence-corrected chi connectivity index (χ4v) is 6.07. The van der Waals surface area contributed by atoms with E-state index >= 15 is 0 Å². The number of thioether (sulfide) groups is 1. The lowest BCUT2D eigenvalue weighted by Crippen LogP contribution is -2.38. The van der Waals surface area contributed by atoms with Crippen LogP contribution >= 0.6 is 46.3 Å². The summed E-state index contributed by atoms with van der Waals surface area (Å²) in [5.74, 6) is 1.43. The molecule has 1 saturated heterocycles. The summed E-state index contributed by atoms with van der Waals surface area (Å²) in [6.07, 6.45) is 2.47. The molecule has 1 amide bonds. The second kappa shape index (κ2) is 12.4. The Morgan fingerprint density at radius 3 is 2.84 bits per heavy atom. The van der Waals surface area contributed by atoms with Crippen molar-refractivity contribution in [2.45, 2.75) is 17.3 Å². The molecule has 1 fully saturated rings. The number of nitrogens with one attached hydrogen (secondary N) is 1. The highest BCUT2D eigenvalue weighted by Crippen LogP contribution is 2.34. The third kappa shape index (κ3) is 6.54. The van der Waals surface area contributed by atoms with Gasteiger partial charge in [-0.05, 0) is 43.3 Å². The first kappa shape index (κ1) is 26.2. The molecule has 13 heteroatoms. The van der Waals surface area contributed by atoms with E-state index in [2.05, 4.69) is 25.4 Å². The zero-order valence-electron chi connectivity index (χ0n) is 19.7. The van der Waals surface area contributed by atoms with Gasteiger partial charge in [0.2, 0.25) is 5.82 Å². The predicted molar refractivity (Wildman–Crippen MR) is 145 cm³/mol. The van der Waals surface area contributed by atoms with Crippen LogP contribution in [0.4, 0.5) is 0 Å². The zero-order chi connectivity index (χ0) is 25.6. The first-order valence-corrected chi connectivity index (χ1v) is 14.3. The van der Waals surface area contributed by atoms with Crippen molar-refractivity contribution in [3.8, 4) is 17.3 Å². The number of morpholine rings is 1. The van der Waals surface area contributed by atoms with Gasteiger partial charge in [0.1, 0.15) is 10.7 Å². The van der Waals surface area contributed by atoms with Crippen LogP contribution < -0.4 is 5.32 Å². The molecule has 0 saturated carbocycles. The first-order chi connectivity index (χ1) is 18.1. The average molecular weight is 580 g/mol. The summed E-state index contributed by atoms with van der Waals surface area (Å²) in [7, 11) is 0. The molecule has 0 unspecified atom stereocenters. The van der Waals surface area contributed by atoms with E-state index in [4.69, 9.17) is 32.4 Å². The fraction of sp³-hybridized carbons (Fsp3) is 0.333. The lowest BCUT2D eigenvalue weighted by Gasteiger charge is -2.26. The van der Waals surface area contributed by atoms with Crippen LogP contribution in [0.2, 0.25) is 10.0 Å². The van der Waals surface area contributed by atoms with Crippen molar-refractivity contribution in [2.75, 3.05) is 39.4 Å². The molecule has 4 heterocycles. The molecule has 1 N–H and O–H groups in total. The zero-order valence-corrected chi connectivity index (χ0v) is 22.9. The van der Waals surface area contributed by atoms with Crippen LogP contribution in [0.5, 0.6) is 0 Å². The van der Waals surface area contributed by atoms with E-state index in [1.807, 2.05) is 16.7 Å². The summed E-state index contributed by atoms with van der Waals surface area (Å²) in [5.41, 5.74) is 1.10. The Kier molecular flexibility index (Phi) is 8.80. The van der Waals surface area contributed by atoms with Crippen molar-refractivity contribution in [2.24, 2.45) is 0 Å². The van der Waals surface area contributed by atoms with Gasteiger partial charge in [-0.1, -0.05) is 35.0 Å². The average Bonchev–Trinajstić information content (AvgIpc) is 3.67. The highest BCUT2D eigenvalue weighted by molar-refractivity contribution is 7.98. The molecule has 194 valence electrons. The molecular weight excluding hydrogens is 555 g/mol. The Morgan fingerprint density at radius 1 is 1.19 bits per heavy atom. The van der Waals surface area contributed by atoms with Crippen molar-refractivity contribution in [1.29, 1.82) is 0 Å². The topological polar surface area (TPSA) is 98.3 Å². The quantitative estimate of drug-likeness (QED) is 0.206. The second-order valence-electron chi connectivity index (χ2n) is 8.19. The number of carbonyl (C=O) groups is 1. The normalized spacial score (nSPS) is 14.2. The minimum absolute atomic E-state index is 0.161. The Hall–Kier alpha value is -2.41. The number of rotatable bonds is 10. The highest BCUT2D eigenvalue weighted by Gasteiger charge is 2.21. The van der Waals surface area contributed by atoms with Gasteiger partial charge in [-0.3, -0.25) is 14.3 Å². The summed E-state index contributed by atoms with van der Waals surface area (Å²) in [6.45, 7) is 5.00. The van der Waals surface area contributed by atoms with E-state index < -0.39 is 0 Å². The standard InChI is InChI=1S/C24H24Cl2N6O3S2/c25-16-4-5-19(17(26)13-16)32-22(20-3-1-10-35-20)29-30-24(32)37-15-21-28-18(14-36-21)23(33)27-6-2-7-31-8-11-34-12-9-31/h1,3-5,10,13-14H,2,6-9,11-12,15H2,(H,27,33). The first-order valence-electron chi connectivity index (χ1n) is 11.7. The minimum atomic E-state index is -0.161. The minimum Gasteiger partial charge on any atom is -0.461 e. The maximum Gasteiger partial charge on any atom is 0.270 e. The van der Waals surface area contributed by atoms with Crippen molar-refractivity contribution < 1.29 is 13.9 Å². The molecule has 0 spiro atoms. The molecular formula is C24H24Cl2N6O3S2. The van der Waals surface area contributed by atoms with Crippen LogP contribution in [-0.4, -0.2) is 69.9 Å². The summed E-state index contributed by atoms with van der Waals surface area (Å²) >= 11 is 15.5. The number of amides is 1. The molecule has 3 aromatic heterocycles. The number of hydrogen-bond acceptors (Lipinski definition) is 9. The number of halogens is 2. The van der Waals surface area contributed by atoms with Gasteiger partial charge < -0.3 is 14.5 Å². The van der Waals surface area contributed by atoms with Crippen molar-refractivity contribution in [3.05, 3.63) is 62.7 Å². The van der Waals surface area contributed by atoms with Gasteiger partial charge in [0.15, 0.2) is 10.9 Å². The summed E-state index contributed by atoms with van der Waals surface area (Å²) < 4.78 is 12.8. The monoisotopic (exact) mass is 578 g/mol. The van der Waals surface area contributed by atoms with Gasteiger partial charge in [-0.25, -0.2) is 4.98 Å². The van der Waals surface area contributed by atoms with Gasteiger partial charge >= 0.3 is 0 Å². The van der Waals surface area contributed by atoms with E-state index in [0.29, 0.717) is 50.5 Å². The van der Waals surface area contributed by atoms with Crippen molar-refractivity contribution >= 4 is 52.2 Å².